The molecule has 0 spiro atoms. The summed E-state index contributed by atoms with van der Waals surface area (Å²) in [5.74, 6) is 0.863. The van der Waals surface area contributed by atoms with E-state index in [1.165, 1.54) is 0 Å². The minimum Gasteiger partial charge on any atom is -0.354 e. The summed E-state index contributed by atoms with van der Waals surface area (Å²) in [6.45, 7) is 5.83. The Morgan fingerprint density at radius 3 is 2.23 bits per heavy atom. The van der Waals surface area contributed by atoms with E-state index in [-0.39, 0.29) is 17.3 Å². The van der Waals surface area contributed by atoms with Gasteiger partial charge >= 0.3 is 0 Å². The molecule has 0 aliphatic rings. The molecule has 186 valence electrons. The van der Waals surface area contributed by atoms with E-state index in [2.05, 4.69) is 5.32 Å². The van der Waals surface area contributed by atoms with Crippen LogP contribution in [0.4, 0.5) is 5.69 Å². The van der Waals surface area contributed by atoms with Crippen LogP contribution >= 0.6 is 35.0 Å². The molecular weight excluding hydrogens is 523 g/mol. The maximum Gasteiger partial charge on any atom is 0.264 e. The maximum absolute atomic E-state index is 13.5. The molecule has 3 aromatic rings. The lowest BCUT2D eigenvalue weighted by Gasteiger charge is -2.25. The van der Waals surface area contributed by atoms with Crippen LogP contribution < -0.4 is 9.62 Å². The number of nitrogens with one attached hydrogen (secondary N) is 1. The van der Waals surface area contributed by atoms with E-state index in [1.54, 1.807) is 66.4 Å². The highest BCUT2D eigenvalue weighted by atomic mass is 35.5. The number of carbonyl (C=O) groups excluding carboxylic acids is 1. The molecule has 3 rings (SSSR count). The summed E-state index contributed by atoms with van der Waals surface area (Å²) in [5.41, 5.74) is 4.25. The van der Waals surface area contributed by atoms with Gasteiger partial charge in [0, 0.05) is 28.1 Å². The second-order valence-corrected chi connectivity index (χ2v) is 12.0. The van der Waals surface area contributed by atoms with E-state index < -0.39 is 10.0 Å². The number of aryl methyl sites for hydroxylation is 3. The van der Waals surface area contributed by atoms with Crippen molar-refractivity contribution in [3.05, 3.63) is 93.0 Å². The fourth-order valence-electron chi connectivity index (χ4n) is 3.33. The average Bonchev–Trinajstić information content (AvgIpc) is 2.81. The van der Waals surface area contributed by atoms with Crippen LogP contribution in [0, 0.1) is 20.8 Å². The first-order chi connectivity index (χ1) is 16.6. The number of carbonyl (C=O) groups is 1. The number of amides is 1. The third-order valence-electron chi connectivity index (χ3n) is 5.55. The van der Waals surface area contributed by atoms with Gasteiger partial charge in [-0.05, 0) is 73.9 Å². The molecule has 0 unspecified atom stereocenters. The topological polar surface area (TPSA) is 66.5 Å². The molecule has 0 radical (unpaired) electrons. The molecule has 0 saturated heterocycles. The molecule has 3 aromatic carbocycles. The average molecular weight is 552 g/mol. The van der Waals surface area contributed by atoms with Gasteiger partial charge in [0.15, 0.2) is 0 Å². The Labute approximate surface area is 221 Å². The van der Waals surface area contributed by atoms with Crippen LogP contribution in [0.25, 0.3) is 0 Å². The fraction of sp³-hybridized carbons (Fsp3) is 0.269. The first kappa shape index (κ1) is 27.4. The van der Waals surface area contributed by atoms with Crippen LogP contribution in [0.1, 0.15) is 22.3 Å². The van der Waals surface area contributed by atoms with Gasteiger partial charge in [-0.2, -0.15) is 11.8 Å². The summed E-state index contributed by atoms with van der Waals surface area (Å²) in [5, 5.41) is 4.05. The van der Waals surface area contributed by atoms with E-state index in [0.717, 1.165) is 26.6 Å². The SMILES string of the molecule is Cc1ccc(S(=O)(=O)N(CC(=O)NCCSCc2c(Cl)cccc2Cl)c2ccc(C)c(C)c2)cc1. The fourth-order valence-corrected chi connectivity index (χ4v) is 6.33. The molecule has 0 fully saturated rings. The maximum atomic E-state index is 13.5. The largest absolute Gasteiger partial charge is 0.354 e. The van der Waals surface area contributed by atoms with E-state index in [0.29, 0.717) is 33.8 Å². The Morgan fingerprint density at radius 2 is 1.60 bits per heavy atom. The monoisotopic (exact) mass is 550 g/mol. The van der Waals surface area contributed by atoms with Crippen LogP contribution in [-0.2, 0) is 20.6 Å². The van der Waals surface area contributed by atoms with Crippen LogP contribution in [0.3, 0.4) is 0 Å². The zero-order chi connectivity index (χ0) is 25.6. The van der Waals surface area contributed by atoms with Gasteiger partial charge in [-0.15, -0.1) is 0 Å². The highest BCUT2D eigenvalue weighted by Gasteiger charge is 2.27. The molecular formula is C26H28Cl2N2O3S2. The van der Waals surface area contributed by atoms with Gasteiger partial charge in [0.1, 0.15) is 6.54 Å². The number of rotatable bonds is 10. The van der Waals surface area contributed by atoms with E-state index in [4.69, 9.17) is 23.2 Å². The Balaban J connectivity index is 1.68. The van der Waals surface area contributed by atoms with Gasteiger partial charge in [-0.1, -0.05) is 53.0 Å². The number of nitrogens with zero attached hydrogens (tertiary/aromatic N) is 1. The van der Waals surface area contributed by atoms with Gasteiger partial charge in [-0.3, -0.25) is 9.10 Å². The molecule has 0 aromatic heterocycles. The molecule has 0 aliphatic carbocycles. The molecule has 1 N–H and O–H groups in total. The number of hydrogen-bond acceptors (Lipinski definition) is 4. The highest BCUT2D eigenvalue weighted by molar-refractivity contribution is 7.98. The lowest BCUT2D eigenvalue weighted by Crippen LogP contribution is -2.41. The predicted octanol–water partition coefficient (Wildman–Crippen LogP) is 6.16. The minimum atomic E-state index is -3.94. The first-order valence-electron chi connectivity index (χ1n) is 11.0. The number of anilines is 1. The predicted molar refractivity (Wildman–Crippen MR) is 147 cm³/mol. The summed E-state index contributed by atoms with van der Waals surface area (Å²) in [6, 6.07) is 17.4. The third kappa shape index (κ3) is 7.17. The standard InChI is InChI=1S/C26H28Cl2N2O3S2/c1-18-7-11-22(12-8-18)35(32,33)30(21-10-9-19(2)20(3)15-21)16-26(31)29-13-14-34-17-23-24(27)5-4-6-25(23)28/h4-12,15H,13-14,16-17H2,1-3H3,(H,29,31). The van der Waals surface area contributed by atoms with Crippen molar-refractivity contribution in [2.24, 2.45) is 0 Å². The van der Waals surface area contributed by atoms with Crippen LogP contribution in [-0.4, -0.2) is 33.2 Å². The minimum absolute atomic E-state index is 0.140. The van der Waals surface area contributed by atoms with Gasteiger partial charge < -0.3 is 5.32 Å². The van der Waals surface area contributed by atoms with E-state index in [1.807, 2.05) is 26.8 Å². The molecule has 0 bridgehead atoms. The quantitative estimate of drug-likeness (QED) is 0.307. The Morgan fingerprint density at radius 1 is 0.943 bits per heavy atom. The Kier molecular flexibility index (Phi) is 9.53. The number of sulfonamides is 1. The molecule has 0 saturated carbocycles. The smallest absolute Gasteiger partial charge is 0.264 e. The molecule has 9 heteroatoms. The van der Waals surface area contributed by atoms with Crippen molar-refractivity contribution >= 4 is 56.6 Å². The van der Waals surface area contributed by atoms with Crippen molar-refractivity contribution in [1.29, 1.82) is 0 Å². The van der Waals surface area contributed by atoms with Gasteiger partial charge in [0.2, 0.25) is 5.91 Å². The lowest BCUT2D eigenvalue weighted by molar-refractivity contribution is -0.119. The van der Waals surface area contributed by atoms with Crippen molar-refractivity contribution in [2.75, 3.05) is 23.1 Å². The Hall–Kier alpha value is -2.19. The van der Waals surface area contributed by atoms with Gasteiger partial charge in [-0.25, -0.2) is 8.42 Å². The zero-order valence-electron chi connectivity index (χ0n) is 19.8. The number of thioether (sulfide) groups is 1. The van der Waals surface area contributed by atoms with Crippen molar-refractivity contribution < 1.29 is 13.2 Å². The summed E-state index contributed by atoms with van der Waals surface area (Å²) < 4.78 is 28.1. The third-order valence-corrected chi connectivity index (χ3v) is 9.03. The normalized spacial score (nSPS) is 11.3. The first-order valence-corrected chi connectivity index (χ1v) is 14.4. The number of benzene rings is 3. The lowest BCUT2D eigenvalue weighted by atomic mass is 10.1. The van der Waals surface area contributed by atoms with Gasteiger partial charge in [0.05, 0.1) is 10.6 Å². The van der Waals surface area contributed by atoms with Crippen molar-refractivity contribution in [3.63, 3.8) is 0 Å². The molecule has 5 nitrogen and oxygen atoms in total. The highest BCUT2D eigenvalue weighted by Crippen LogP contribution is 2.28. The molecule has 0 heterocycles. The number of hydrogen-bond donors (Lipinski definition) is 1. The summed E-state index contributed by atoms with van der Waals surface area (Å²) in [6.07, 6.45) is 0. The van der Waals surface area contributed by atoms with Crippen molar-refractivity contribution in [1.82, 2.24) is 5.32 Å². The molecule has 0 aliphatic heterocycles. The summed E-state index contributed by atoms with van der Waals surface area (Å²) in [7, 11) is -3.94. The molecule has 0 atom stereocenters. The van der Waals surface area contributed by atoms with E-state index >= 15 is 0 Å². The van der Waals surface area contributed by atoms with Crippen LogP contribution in [0.5, 0.6) is 0 Å². The molecule has 35 heavy (non-hydrogen) atoms. The van der Waals surface area contributed by atoms with Crippen molar-refractivity contribution in [2.45, 2.75) is 31.4 Å². The summed E-state index contributed by atoms with van der Waals surface area (Å²) >= 11 is 14.0. The van der Waals surface area contributed by atoms with Crippen molar-refractivity contribution in [3.8, 4) is 0 Å². The van der Waals surface area contributed by atoms with Gasteiger partial charge in [0.25, 0.3) is 10.0 Å². The van der Waals surface area contributed by atoms with E-state index in [9.17, 15) is 13.2 Å². The molecule has 1 amide bonds. The summed E-state index contributed by atoms with van der Waals surface area (Å²) in [4.78, 5) is 12.9. The van der Waals surface area contributed by atoms with Crippen LogP contribution in [0.2, 0.25) is 10.0 Å². The second kappa shape index (κ2) is 12.2. The number of halogens is 2. The Bertz CT molecular complexity index is 1280. The second-order valence-electron chi connectivity index (χ2n) is 8.20. The zero-order valence-corrected chi connectivity index (χ0v) is 23.0. The van der Waals surface area contributed by atoms with Crippen LogP contribution in [0.15, 0.2) is 65.6 Å².